The van der Waals surface area contributed by atoms with E-state index in [0.717, 1.165) is 25.7 Å². The van der Waals surface area contributed by atoms with Crippen LogP contribution in [-0.2, 0) is 4.52 Å². The van der Waals surface area contributed by atoms with Gasteiger partial charge < -0.3 is 9.63 Å². The summed E-state index contributed by atoms with van der Waals surface area (Å²) in [6, 6.07) is 0. The summed E-state index contributed by atoms with van der Waals surface area (Å²) in [5.41, 5.74) is 0. The maximum Gasteiger partial charge on any atom is 0.108 e. The molecule has 0 radical (unpaired) electrons. The van der Waals surface area contributed by atoms with Crippen LogP contribution in [0.1, 0.15) is 39.0 Å². The Labute approximate surface area is 106 Å². The summed E-state index contributed by atoms with van der Waals surface area (Å²) >= 11 is 0. The highest BCUT2D eigenvalue weighted by atomic mass is 31.0. The van der Waals surface area contributed by atoms with E-state index in [1.165, 1.54) is 0 Å². The summed E-state index contributed by atoms with van der Waals surface area (Å²) < 4.78 is 18.9. The van der Waals surface area contributed by atoms with Gasteiger partial charge in [-0.2, -0.15) is 0 Å². The molecule has 1 N–H and O–H groups in total. The zero-order chi connectivity index (χ0) is 12.7. The van der Waals surface area contributed by atoms with Crippen molar-refractivity contribution in [2.24, 2.45) is 11.8 Å². The fourth-order valence-corrected chi connectivity index (χ4v) is 2.93. The monoisotopic (exact) mass is 262 g/mol. The molecule has 1 saturated carbocycles. The largest absolute Gasteiger partial charge is 0.396 e. The molecule has 0 heterocycles. The Bertz CT molecular complexity index is 235. The minimum absolute atomic E-state index is 0.0632. The summed E-state index contributed by atoms with van der Waals surface area (Å²) in [6.45, 7) is 2.07. The van der Waals surface area contributed by atoms with Gasteiger partial charge in [0.2, 0.25) is 0 Å². The molecule has 0 aromatic carbocycles. The molecular formula is C13H24FO2P. The van der Waals surface area contributed by atoms with Crippen LogP contribution in [0.5, 0.6) is 0 Å². The number of aliphatic hydroxyl groups excluding tert-OH is 1. The average Bonchev–Trinajstić information content (AvgIpc) is 2.64. The summed E-state index contributed by atoms with van der Waals surface area (Å²) in [5, 5.41) is 9.24. The molecule has 2 nitrogen and oxygen atoms in total. The molecule has 0 saturated heterocycles. The molecule has 1 rings (SSSR count). The molecule has 0 bridgehead atoms. The third kappa shape index (κ3) is 4.31. The number of alkyl halides is 1. The van der Waals surface area contributed by atoms with Crippen LogP contribution in [0, 0.1) is 11.8 Å². The number of aliphatic hydroxyl groups is 1. The van der Waals surface area contributed by atoms with Crippen molar-refractivity contribution in [3.05, 3.63) is 12.2 Å². The second-order valence-corrected chi connectivity index (χ2v) is 5.05. The molecule has 0 aromatic rings. The lowest BCUT2D eigenvalue weighted by atomic mass is 9.90. The number of rotatable bonds is 7. The van der Waals surface area contributed by atoms with Gasteiger partial charge in [0.25, 0.3) is 0 Å². The van der Waals surface area contributed by atoms with Crippen molar-refractivity contribution >= 4 is 9.47 Å². The zero-order valence-electron chi connectivity index (χ0n) is 10.5. The maximum atomic E-state index is 13.6. The molecule has 0 amide bonds. The van der Waals surface area contributed by atoms with Crippen molar-refractivity contribution in [3.8, 4) is 0 Å². The number of allylic oxidation sites excluding steroid dienone is 2. The van der Waals surface area contributed by atoms with Crippen molar-refractivity contribution in [3.63, 3.8) is 0 Å². The van der Waals surface area contributed by atoms with E-state index in [2.05, 4.69) is 28.5 Å². The topological polar surface area (TPSA) is 29.5 Å². The smallest absolute Gasteiger partial charge is 0.108 e. The van der Waals surface area contributed by atoms with E-state index in [1.807, 2.05) is 0 Å². The Morgan fingerprint density at radius 2 is 2.06 bits per heavy atom. The van der Waals surface area contributed by atoms with Crippen LogP contribution < -0.4 is 0 Å². The van der Waals surface area contributed by atoms with E-state index in [1.54, 1.807) is 0 Å². The fourth-order valence-electron chi connectivity index (χ4n) is 2.61. The first-order valence-electron chi connectivity index (χ1n) is 6.50. The van der Waals surface area contributed by atoms with Gasteiger partial charge in [-0.25, -0.2) is 4.39 Å². The molecule has 1 aliphatic carbocycles. The SMILES string of the molecule is CCC/C=C/CCC1C(OP)CC(F)C1CO. The molecule has 5 atom stereocenters. The maximum absolute atomic E-state index is 13.6. The van der Waals surface area contributed by atoms with E-state index in [0.29, 0.717) is 6.42 Å². The first-order valence-corrected chi connectivity index (χ1v) is 6.97. The van der Waals surface area contributed by atoms with Crippen LogP contribution >= 0.6 is 9.47 Å². The molecule has 1 aliphatic rings. The van der Waals surface area contributed by atoms with Crippen molar-refractivity contribution in [2.45, 2.75) is 51.3 Å². The molecule has 4 heteroatoms. The molecule has 100 valence electrons. The molecule has 0 aliphatic heterocycles. The Balaban J connectivity index is 2.42. The third-order valence-electron chi connectivity index (χ3n) is 3.62. The number of hydrogen-bond acceptors (Lipinski definition) is 2. The second kappa shape index (κ2) is 8.18. The van der Waals surface area contributed by atoms with Crippen LogP contribution in [0.25, 0.3) is 0 Å². The normalized spacial score (nSPS) is 33.6. The quantitative estimate of drug-likeness (QED) is 0.563. The molecule has 1 fully saturated rings. The summed E-state index contributed by atoms with van der Waals surface area (Å²) in [7, 11) is 2.23. The number of unbranched alkanes of at least 4 members (excludes halogenated alkanes) is 1. The Hall–Kier alpha value is 0.0200. The second-order valence-electron chi connectivity index (χ2n) is 4.77. The van der Waals surface area contributed by atoms with E-state index in [9.17, 15) is 9.50 Å². The lowest BCUT2D eigenvalue weighted by Gasteiger charge is -2.22. The summed E-state index contributed by atoms with van der Waals surface area (Å²) in [4.78, 5) is 0. The predicted octanol–water partition coefficient (Wildman–Crippen LogP) is 3.26. The van der Waals surface area contributed by atoms with Crippen LogP contribution in [0.2, 0.25) is 0 Å². The Morgan fingerprint density at radius 3 is 2.65 bits per heavy atom. The van der Waals surface area contributed by atoms with Crippen LogP contribution in [0.3, 0.4) is 0 Å². The number of hydrogen-bond donors (Lipinski definition) is 1. The van der Waals surface area contributed by atoms with Gasteiger partial charge in [-0.15, -0.1) is 0 Å². The lowest BCUT2D eigenvalue weighted by molar-refractivity contribution is 0.108. The van der Waals surface area contributed by atoms with E-state index < -0.39 is 6.17 Å². The van der Waals surface area contributed by atoms with Crippen LogP contribution in [0.15, 0.2) is 12.2 Å². The molecule has 0 spiro atoms. The first kappa shape index (κ1) is 15.1. The minimum atomic E-state index is -0.921. The highest BCUT2D eigenvalue weighted by molar-refractivity contribution is 7.09. The molecule has 0 aromatic heterocycles. The zero-order valence-corrected chi connectivity index (χ0v) is 11.7. The van der Waals surface area contributed by atoms with Crippen molar-refractivity contribution in [2.75, 3.05) is 6.61 Å². The van der Waals surface area contributed by atoms with Gasteiger partial charge in [-0.3, -0.25) is 0 Å². The van der Waals surface area contributed by atoms with Gasteiger partial charge in [0, 0.05) is 28.4 Å². The van der Waals surface area contributed by atoms with Gasteiger partial charge in [0.1, 0.15) is 6.17 Å². The van der Waals surface area contributed by atoms with Gasteiger partial charge in [-0.1, -0.05) is 25.5 Å². The predicted molar refractivity (Wildman–Crippen MR) is 71.4 cm³/mol. The van der Waals surface area contributed by atoms with Crippen LogP contribution in [0.4, 0.5) is 4.39 Å². The first-order chi connectivity index (χ1) is 8.24. The van der Waals surface area contributed by atoms with Crippen molar-refractivity contribution in [1.82, 2.24) is 0 Å². The Kier molecular flexibility index (Phi) is 7.26. The van der Waals surface area contributed by atoms with Gasteiger partial charge in [0.15, 0.2) is 0 Å². The van der Waals surface area contributed by atoms with Gasteiger partial charge in [0.05, 0.1) is 6.10 Å². The average molecular weight is 262 g/mol. The number of halogens is 1. The van der Waals surface area contributed by atoms with E-state index in [-0.39, 0.29) is 24.5 Å². The van der Waals surface area contributed by atoms with Gasteiger partial charge in [-0.05, 0) is 25.2 Å². The summed E-state index contributed by atoms with van der Waals surface area (Å²) in [6.07, 6.45) is 7.85. The van der Waals surface area contributed by atoms with Crippen molar-refractivity contribution < 1.29 is 14.0 Å². The third-order valence-corrected chi connectivity index (χ3v) is 3.97. The standard InChI is InChI=1S/C13H24FO2P/c1-2-3-4-5-6-7-10-11(9-15)12(14)8-13(10)16-17/h4-5,10-13,15H,2-3,6-9,17H2,1H3/b5-4+. The van der Waals surface area contributed by atoms with Crippen molar-refractivity contribution in [1.29, 1.82) is 0 Å². The lowest BCUT2D eigenvalue weighted by Crippen LogP contribution is -2.24. The fraction of sp³-hybridized carbons (Fsp3) is 0.846. The van der Waals surface area contributed by atoms with E-state index >= 15 is 0 Å². The molecule has 5 unspecified atom stereocenters. The molecular weight excluding hydrogens is 238 g/mol. The van der Waals surface area contributed by atoms with Crippen LogP contribution in [-0.4, -0.2) is 24.0 Å². The highest BCUT2D eigenvalue weighted by Gasteiger charge is 2.42. The Morgan fingerprint density at radius 1 is 1.35 bits per heavy atom. The summed E-state index contributed by atoms with van der Waals surface area (Å²) in [5.74, 6) is -0.112. The molecule has 17 heavy (non-hydrogen) atoms. The highest BCUT2D eigenvalue weighted by Crippen LogP contribution is 2.39. The van der Waals surface area contributed by atoms with E-state index in [4.69, 9.17) is 4.52 Å². The minimum Gasteiger partial charge on any atom is -0.396 e. The van der Waals surface area contributed by atoms with Gasteiger partial charge >= 0.3 is 0 Å².